The van der Waals surface area contributed by atoms with E-state index in [0.29, 0.717) is 6.61 Å². The van der Waals surface area contributed by atoms with Crippen molar-refractivity contribution >= 4 is 24.1 Å². The number of aliphatic hydroxyl groups excluding tert-OH is 3. The van der Waals surface area contributed by atoms with Crippen molar-refractivity contribution in [1.82, 2.24) is 0 Å². The maximum Gasteiger partial charge on any atom is 0.228 e. The first kappa shape index (κ1) is 25.1. The van der Waals surface area contributed by atoms with Gasteiger partial charge in [-0.05, 0) is 25.2 Å². The number of hydrogen-bond acceptors (Lipinski definition) is 9. The first-order chi connectivity index (χ1) is 12.5. The molecular weight excluding hydrogens is 395 g/mol. The minimum atomic E-state index is -2.61. The summed E-state index contributed by atoms with van der Waals surface area (Å²) < 4.78 is 16.9. The van der Waals surface area contributed by atoms with Crippen LogP contribution in [0.25, 0.3) is 0 Å². The molecule has 1 heterocycles. The van der Waals surface area contributed by atoms with E-state index in [1.165, 1.54) is 13.8 Å². The molecule has 10 heteroatoms. The Balaban J connectivity index is 2.90. The number of rotatable bonds is 11. The second kappa shape index (κ2) is 10.7. The molecule has 0 aliphatic carbocycles. The summed E-state index contributed by atoms with van der Waals surface area (Å²) >= 11 is 5.37. The maximum atomic E-state index is 11.8. The molecule has 1 aliphatic rings. The van der Waals surface area contributed by atoms with E-state index in [1.807, 2.05) is 6.92 Å². The number of Topliss-reactive ketones (excluding diaryl/α,β-unsaturated/α-hetero) is 1. The van der Waals surface area contributed by atoms with E-state index >= 15 is 0 Å². The zero-order valence-electron chi connectivity index (χ0n) is 16.4. The molecule has 0 aromatic rings. The molecule has 0 aromatic heterocycles. The third-order valence-corrected chi connectivity index (χ3v) is 6.58. The summed E-state index contributed by atoms with van der Waals surface area (Å²) in [5.74, 6) is -3.53. The molecular formula is C17H33O8PS. The summed E-state index contributed by atoms with van der Waals surface area (Å²) in [7, 11) is 0. The molecule has 0 aromatic carbocycles. The van der Waals surface area contributed by atoms with Crippen LogP contribution >= 0.6 is 6.49 Å². The lowest BCUT2D eigenvalue weighted by atomic mass is 9.81. The van der Waals surface area contributed by atoms with Crippen LogP contribution in [-0.2, 0) is 30.4 Å². The van der Waals surface area contributed by atoms with Crippen molar-refractivity contribution in [3.8, 4) is 0 Å². The first-order valence-corrected chi connectivity index (χ1v) is 12.3. The van der Waals surface area contributed by atoms with E-state index in [-0.39, 0.29) is 19.4 Å². The highest BCUT2D eigenvalue weighted by molar-refractivity contribution is 8.09. The molecule has 8 nitrogen and oxygen atoms in total. The second-order valence-corrected chi connectivity index (χ2v) is 11.2. The van der Waals surface area contributed by atoms with Crippen LogP contribution in [0.4, 0.5) is 0 Å². The molecule has 160 valence electrons. The van der Waals surface area contributed by atoms with Gasteiger partial charge < -0.3 is 34.2 Å². The predicted molar refractivity (Wildman–Crippen MR) is 104 cm³/mol. The van der Waals surface area contributed by atoms with Crippen molar-refractivity contribution in [2.75, 3.05) is 19.9 Å². The van der Waals surface area contributed by atoms with E-state index in [9.17, 15) is 25.2 Å². The molecule has 0 bridgehead atoms. The Bertz CT molecular complexity index is 531. The van der Waals surface area contributed by atoms with Gasteiger partial charge in [0.2, 0.25) is 5.79 Å². The Labute approximate surface area is 166 Å². The fourth-order valence-electron chi connectivity index (χ4n) is 3.19. The summed E-state index contributed by atoms with van der Waals surface area (Å²) in [6.45, 7) is 3.82. The number of hydrogen-bond donors (Lipinski definition) is 4. The molecule has 0 saturated carbocycles. The van der Waals surface area contributed by atoms with Crippen molar-refractivity contribution in [3.63, 3.8) is 0 Å². The van der Waals surface area contributed by atoms with E-state index < -0.39 is 48.4 Å². The number of carbonyl (C=O) groups is 1. The van der Waals surface area contributed by atoms with Crippen LogP contribution < -0.4 is 0 Å². The van der Waals surface area contributed by atoms with Gasteiger partial charge in [0.05, 0.1) is 37.6 Å². The standard InChI is InChI=1S/C17H33O8PS/c1-5-6-7-23-26(4,27)25-13(10-18)8-15-16(11(2)19)14(21)9-17(22,24-15)12(3)20/h11,13-16,18-19,21-22H,5-10H2,1-4H3/t11?,13-,14?,15?,16?,17?,26?/m0/s1. The molecule has 0 amide bonds. The highest BCUT2D eigenvalue weighted by Crippen LogP contribution is 2.47. The normalized spacial score (nSPS) is 33.3. The van der Waals surface area contributed by atoms with Crippen molar-refractivity contribution in [3.05, 3.63) is 0 Å². The lowest BCUT2D eigenvalue weighted by Crippen LogP contribution is -2.58. The smallest absolute Gasteiger partial charge is 0.228 e. The number of unbranched alkanes of at least 4 members (excludes halogenated alkanes) is 1. The minimum Gasteiger partial charge on any atom is -0.394 e. The minimum absolute atomic E-state index is 0.0298. The molecule has 0 spiro atoms. The molecule has 1 saturated heterocycles. The lowest BCUT2D eigenvalue weighted by molar-refractivity contribution is -0.284. The average molecular weight is 428 g/mol. The molecule has 27 heavy (non-hydrogen) atoms. The van der Waals surface area contributed by atoms with Crippen LogP contribution in [0.1, 0.15) is 46.5 Å². The van der Waals surface area contributed by atoms with Crippen LogP contribution in [0, 0.1) is 5.92 Å². The third kappa shape index (κ3) is 7.42. The van der Waals surface area contributed by atoms with Crippen LogP contribution in [0.5, 0.6) is 0 Å². The van der Waals surface area contributed by atoms with Crippen molar-refractivity contribution in [2.24, 2.45) is 5.92 Å². The van der Waals surface area contributed by atoms with Crippen LogP contribution in [0.3, 0.4) is 0 Å². The molecule has 1 rings (SSSR count). The van der Waals surface area contributed by atoms with Gasteiger partial charge in [0.25, 0.3) is 0 Å². The van der Waals surface area contributed by atoms with Gasteiger partial charge in [0.1, 0.15) is 0 Å². The zero-order valence-corrected chi connectivity index (χ0v) is 18.1. The third-order valence-electron chi connectivity index (χ3n) is 4.68. The zero-order chi connectivity index (χ0) is 20.8. The molecule has 1 fully saturated rings. The quantitative estimate of drug-likeness (QED) is 0.281. The summed E-state index contributed by atoms with van der Waals surface area (Å²) in [5.41, 5.74) is 0. The van der Waals surface area contributed by atoms with E-state index in [1.54, 1.807) is 6.66 Å². The summed E-state index contributed by atoms with van der Waals surface area (Å²) in [6.07, 6.45) is -2.30. The Hall–Kier alpha value is 0.0400. The molecule has 0 radical (unpaired) electrons. The molecule has 1 aliphatic heterocycles. The molecule has 4 N–H and O–H groups in total. The van der Waals surface area contributed by atoms with E-state index in [0.717, 1.165) is 12.8 Å². The average Bonchev–Trinajstić information content (AvgIpc) is 2.52. The van der Waals surface area contributed by atoms with Crippen LogP contribution in [-0.4, -0.2) is 76.3 Å². The van der Waals surface area contributed by atoms with Gasteiger partial charge in [0.15, 0.2) is 12.3 Å². The number of aliphatic hydroxyl groups is 4. The number of carbonyl (C=O) groups excluding carboxylic acids is 1. The van der Waals surface area contributed by atoms with Gasteiger partial charge in [-0.1, -0.05) is 13.3 Å². The summed E-state index contributed by atoms with van der Waals surface area (Å²) in [6, 6.07) is 0. The van der Waals surface area contributed by atoms with Crippen LogP contribution in [0.2, 0.25) is 0 Å². The topological polar surface area (TPSA) is 126 Å². The number of ether oxygens (including phenoxy) is 1. The van der Waals surface area contributed by atoms with E-state index in [4.69, 9.17) is 25.6 Å². The van der Waals surface area contributed by atoms with Crippen molar-refractivity contribution < 1.29 is 39.0 Å². The summed E-state index contributed by atoms with van der Waals surface area (Å²) in [4.78, 5) is 11.8. The highest BCUT2D eigenvalue weighted by Gasteiger charge is 2.50. The van der Waals surface area contributed by atoms with Gasteiger partial charge in [-0.3, -0.25) is 4.79 Å². The van der Waals surface area contributed by atoms with Gasteiger partial charge in [-0.2, -0.15) is 0 Å². The monoisotopic (exact) mass is 428 g/mol. The fraction of sp³-hybridized carbons (Fsp3) is 0.941. The SMILES string of the molecule is CCCCOP(C)(=S)O[C@H](CO)CC1OC(O)(C(C)=O)CC(O)C1C(C)O. The van der Waals surface area contributed by atoms with Gasteiger partial charge >= 0.3 is 0 Å². The van der Waals surface area contributed by atoms with Crippen molar-refractivity contribution in [1.29, 1.82) is 0 Å². The van der Waals surface area contributed by atoms with Gasteiger partial charge in [-0.25, -0.2) is 0 Å². The van der Waals surface area contributed by atoms with E-state index in [2.05, 4.69) is 0 Å². The fourth-order valence-corrected chi connectivity index (χ4v) is 5.00. The first-order valence-electron chi connectivity index (χ1n) is 9.24. The maximum absolute atomic E-state index is 11.8. The largest absolute Gasteiger partial charge is 0.394 e. The number of ketones is 1. The Morgan fingerprint density at radius 1 is 1.48 bits per heavy atom. The second-order valence-electron chi connectivity index (χ2n) is 7.19. The van der Waals surface area contributed by atoms with Crippen LogP contribution in [0.15, 0.2) is 0 Å². The van der Waals surface area contributed by atoms with Gasteiger partial charge in [0, 0.05) is 32.3 Å². The molecule has 7 atom stereocenters. The van der Waals surface area contributed by atoms with Crippen molar-refractivity contribution in [2.45, 2.75) is 76.7 Å². The highest BCUT2D eigenvalue weighted by atomic mass is 32.5. The predicted octanol–water partition coefficient (Wildman–Crippen LogP) is 0.934. The summed E-state index contributed by atoms with van der Waals surface area (Å²) in [5, 5.41) is 40.5. The Kier molecular flexibility index (Phi) is 9.95. The molecule has 6 unspecified atom stereocenters. The lowest BCUT2D eigenvalue weighted by Gasteiger charge is -2.45. The Morgan fingerprint density at radius 2 is 2.11 bits per heavy atom. The Morgan fingerprint density at radius 3 is 2.59 bits per heavy atom. The van der Waals surface area contributed by atoms with Gasteiger partial charge in [-0.15, -0.1) is 0 Å².